The molecule has 4 amide bonds. The predicted molar refractivity (Wildman–Crippen MR) is 269 cm³/mol. The van der Waals surface area contributed by atoms with Gasteiger partial charge in [0.2, 0.25) is 23.5 Å². The van der Waals surface area contributed by atoms with Crippen molar-refractivity contribution >= 4 is 40.1 Å². The monoisotopic (exact) mass is 985 g/mol. The zero-order valence-corrected chi connectivity index (χ0v) is 41.4. The van der Waals surface area contributed by atoms with Crippen LogP contribution in [-0.2, 0) is 23.9 Å². The van der Waals surface area contributed by atoms with Gasteiger partial charge in [-0.15, -0.1) is 11.3 Å². The standard InChI is InChI=1S/C53H70F2N8O6S/c1-36(56-2)33-59-47(39-21-12-7-13-22-39)52(67)63-28-16-23-43(63)50(65)61-48(45(37-17-8-5-9-18-37)38-19-10-6-11-20-38)51(66)58-27-15-4-3-14-26-57-44(64)34-69-49-40(24-25-41(54)46(49)55)42-35-70-53(60-42)62-29-31-68-32-30-62/h5-6,8-11,17-20,24-25,35-36,39,43,45,47-48,56,59H,3-4,7,12-16,21-23,26-34H2,1-2H3,(H,57,64)(H,58,66)(H,61,65)/t36-,43-,47-,48-/m0/s1. The smallest absolute Gasteiger partial charge is 0.257 e. The molecule has 0 unspecified atom stereocenters. The Balaban J connectivity index is 0.924. The van der Waals surface area contributed by atoms with E-state index in [0.717, 1.165) is 60.8 Å². The molecule has 2 saturated heterocycles. The number of hydrogen-bond donors (Lipinski definition) is 5. The van der Waals surface area contributed by atoms with E-state index in [1.54, 1.807) is 10.3 Å². The number of carbonyl (C=O) groups is 4. The number of amides is 4. The molecule has 0 spiro atoms. The Hall–Kier alpha value is -5.49. The summed E-state index contributed by atoms with van der Waals surface area (Å²) in [6.45, 7) is 5.92. The lowest BCUT2D eigenvalue weighted by Gasteiger charge is -2.36. The molecule has 3 aliphatic rings. The predicted octanol–water partition coefficient (Wildman–Crippen LogP) is 6.55. The van der Waals surface area contributed by atoms with Crippen molar-refractivity contribution in [3.63, 3.8) is 0 Å². The number of thiazole rings is 1. The van der Waals surface area contributed by atoms with E-state index < -0.39 is 42.2 Å². The van der Waals surface area contributed by atoms with E-state index in [0.29, 0.717) is 83.9 Å². The second kappa shape index (κ2) is 26.6. The molecule has 1 aliphatic carbocycles. The molecule has 7 rings (SSSR count). The number of likely N-dealkylation sites (N-methyl/N-ethyl adjacent to an activating group) is 1. The molecule has 17 heteroatoms. The summed E-state index contributed by atoms with van der Waals surface area (Å²) in [5, 5.41) is 18.4. The molecule has 4 aromatic rings. The molecule has 1 aromatic heterocycles. The number of hydrogen-bond acceptors (Lipinski definition) is 11. The SMILES string of the molecule is CN[C@@H](C)CN[C@H](C(=O)N1CCC[C@H]1C(=O)N[C@H](C(=O)NCCCCCCNC(=O)COc1c(-c2csc(N3CCOCC3)n2)ccc(F)c1F)C(c1ccccc1)c1ccccc1)C1CCCCC1. The van der Waals surface area contributed by atoms with E-state index in [4.69, 9.17) is 9.47 Å². The highest BCUT2D eigenvalue weighted by Crippen LogP contribution is 2.37. The highest BCUT2D eigenvalue weighted by Gasteiger charge is 2.42. The Morgan fingerprint density at radius 1 is 0.829 bits per heavy atom. The highest BCUT2D eigenvalue weighted by atomic mass is 32.1. The number of rotatable bonds is 24. The van der Waals surface area contributed by atoms with Crippen molar-refractivity contribution in [1.82, 2.24) is 36.5 Å². The Labute approximate surface area is 415 Å². The van der Waals surface area contributed by atoms with Gasteiger partial charge in [-0.1, -0.05) is 92.8 Å². The fourth-order valence-corrected chi connectivity index (χ4v) is 10.6. The fraction of sp³-hybridized carbons (Fsp3) is 0.528. The number of carbonyl (C=O) groups excluding carboxylic acids is 4. The van der Waals surface area contributed by atoms with Crippen LogP contribution in [0.5, 0.6) is 5.75 Å². The maximum absolute atomic E-state index is 15.0. The van der Waals surface area contributed by atoms with E-state index in [-0.39, 0.29) is 47.0 Å². The minimum Gasteiger partial charge on any atom is -0.480 e. The zero-order valence-electron chi connectivity index (χ0n) is 40.6. The number of nitrogens with one attached hydrogen (secondary N) is 5. The van der Waals surface area contributed by atoms with E-state index in [1.807, 2.05) is 67.7 Å². The van der Waals surface area contributed by atoms with Crippen LogP contribution < -0.4 is 36.2 Å². The van der Waals surface area contributed by atoms with Gasteiger partial charge < -0.3 is 45.9 Å². The van der Waals surface area contributed by atoms with Crippen molar-refractivity contribution in [2.45, 2.75) is 108 Å². The zero-order chi connectivity index (χ0) is 49.2. The molecule has 4 atom stereocenters. The molecular formula is C53H70F2N8O6S. The minimum absolute atomic E-state index is 0.0386. The number of halogens is 2. The quantitative estimate of drug-likeness (QED) is 0.0487. The molecule has 2 aliphatic heterocycles. The Kier molecular flexibility index (Phi) is 19.9. The van der Waals surface area contributed by atoms with Gasteiger partial charge in [0.25, 0.3) is 5.91 Å². The summed E-state index contributed by atoms with van der Waals surface area (Å²) >= 11 is 1.39. The van der Waals surface area contributed by atoms with Gasteiger partial charge in [-0.2, -0.15) is 4.39 Å². The first kappa shape index (κ1) is 52.3. The largest absolute Gasteiger partial charge is 0.480 e. The summed E-state index contributed by atoms with van der Waals surface area (Å²) < 4.78 is 40.4. The van der Waals surface area contributed by atoms with Crippen molar-refractivity contribution in [1.29, 1.82) is 0 Å². The average Bonchev–Trinajstić information content (AvgIpc) is 4.10. The number of ether oxygens (including phenoxy) is 2. The lowest BCUT2D eigenvalue weighted by Crippen LogP contribution is -2.58. The highest BCUT2D eigenvalue weighted by molar-refractivity contribution is 7.14. The summed E-state index contributed by atoms with van der Waals surface area (Å²) in [5.41, 5.74) is 2.43. The Bertz CT molecular complexity index is 2260. The Morgan fingerprint density at radius 2 is 1.50 bits per heavy atom. The van der Waals surface area contributed by atoms with Crippen LogP contribution in [0.25, 0.3) is 11.3 Å². The average molecular weight is 985 g/mol. The first-order valence-corrected chi connectivity index (χ1v) is 26.1. The second-order valence-corrected chi connectivity index (χ2v) is 19.5. The van der Waals surface area contributed by atoms with Crippen LogP contribution in [0.1, 0.15) is 94.6 Å². The normalized spacial score (nSPS) is 17.8. The summed E-state index contributed by atoms with van der Waals surface area (Å²) in [4.78, 5) is 64.7. The number of likely N-dealkylation sites (tertiary alicyclic amines) is 1. The maximum Gasteiger partial charge on any atom is 0.257 e. The molecule has 70 heavy (non-hydrogen) atoms. The third-order valence-electron chi connectivity index (χ3n) is 13.8. The molecule has 1 saturated carbocycles. The molecule has 14 nitrogen and oxygen atoms in total. The lowest BCUT2D eigenvalue weighted by molar-refractivity contribution is -0.142. The van der Waals surface area contributed by atoms with Gasteiger partial charge in [0.15, 0.2) is 23.3 Å². The number of benzene rings is 3. The summed E-state index contributed by atoms with van der Waals surface area (Å²) in [7, 11) is 1.91. The summed E-state index contributed by atoms with van der Waals surface area (Å²) in [6.07, 6.45) is 9.32. The van der Waals surface area contributed by atoms with Gasteiger partial charge in [-0.25, -0.2) is 9.37 Å². The number of anilines is 1. The van der Waals surface area contributed by atoms with E-state index >= 15 is 4.39 Å². The van der Waals surface area contributed by atoms with Crippen LogP contribution in [-0.4, -0.2) is 124 Å². The summed E-state index contributed by atoms with van der Waals surface area (Å²) in [6, 6.07) is 20.0. The molecule has 378 valence electrons. The first-order valence-electron chi connectivity index (χ1n) is 25.2. The lowest BCUT2D eigenvalue weighted by atomic mass is 9.83. The molecule has 3 fully saturated rings. The van der Waals surface area contributed by atoms with Gasteiger partial charge >= 0.3 is 0 Å². The minimum atomic E-state index is -1.18. The van der Waals surface area contributed by atoms with Crippen molar-refractivity contribution in [2.24, 2.45) is 5.92 Å². The van der Waals surface area contributed by atoms with Crippen molar-refractivity contribution < 1.29 is 37.4 Å². The number of morpholine rings is 1. The number of aromatic nitrogens is 1. The van der Waals surface area contributed by atoms with Crippen molar-refractivity contribution in [2.75, 3.05) is 71.0 Å². The second-order valence-electron chi connectivity index (χ2n) is 18.6. The number of unbranched alkanes of at least 4 members (excludes halogenated alkanes) is 3. The van der Waals surface area contributed by atoms with Gasteiger partial charge in [0.05, 0.1) is 24.9 Å². The van der Waals surface area contributed by atoms with Gasteiger partial charge in [-0.3, -0.25) is 19.2 Å². The Morgan fingerprint density at radius 3 is 2.17 bits per heavy atom. The molecule has 3 heterocycles. The molecular weight excluding hydrogens is 915 g/mol. The van der Waals surface area contributed by atoms with E-state index in [9.17, 15) is 23.6 Å². The molecule has 5 N–H and O–H groups in total. The van der Waals surface area contributed by atoms with Crippen LogP contribution in [0.4, 0.5) is 13.9 Å². The summed E-state index contributed by atoms with van der Waals surface area (Å²) in [5.74, 6) is -4.10. The van der Waals surface area contributed by atoms with Gasteiger partial charge in [-0.05, 0) is 81.7 Å². The van der Waals surface area contributed by atoms with E-state index in [1.165, 1.54) is 23.8 Å². The first-order chi connectivity index (χ1) is 34.1. The fourth-order valence-electron chi connectivity index (χ4n) is 9.76. The third-order valence-corrected chi connectivity index (χ3v) is 14.7. The van der Waals surface area contributed by atoms with Crippen LogP contribution in [0.2, 0.25) is 0 Å². The number of nitrogens with zero attached hydrogens (tertiary/aromatic N) is 3. The van der Waals surface area contributed by atoms with Crippen molar-refractivity contribution in [3.05, 3.63) is 101 Å². The van der Waals surface area contributed by atoms with E-state index in [2.05, 4.69) is 43.4 Å². The third kappa shape index (κ3) is 14.1. The van der Waals surface area contributed by atoms with Crippen LogP contribution >= 0.6 is 11.3 Å². The van der Waals surface area contributed by atoms with Crippen LogP contribution in [0.3, 0.4) is 0 Å². The topological polar surface area (TPSA) is 166 Å². The van der Waals surface area contributed by atoms with Gasteiger partial charge in [0, 0.05) is 62.2 Å². The molecule has 0 bridgehead atoms. The van der Waals surface area contributed by atoms with Crippen molar-refractivity contribution in [3.8, 4) is 17.0 Å². The molecule has 0 radical (unpaired) electrons. The molecule has 3 aromatic carbocycles. The van der Waals surface area contributed by atoms with Gasteiger partial charge in [0.1, 0.15) is 12.1 Å². The van der Waals surface area contributed by atoms with Crippen LogP contribution in [0.15, 0.2) is 78.2 Å². The van der Waals surface area contributed by atoms with Crippen LogP contribution in [0, 0.1) is 17.6 Å². The maximum atomic E-state index is 15.0.